The predicted octanol–water partition coefficient (Wildman–Crippen LogP) is 6.90. The summed E-state index contributed by atoms with van der Waals surface area (Å²) in [6, 6.07) is 23.4. The van der Waals surface area contributed by atoms with E-state index in [9.17, 15) is 24.3 Å². The Kier molecular flexibility index (Phi) is 15.5. The molecule has 14 nitrogen and oxygen atoms in total. The van der Waals surface area contributed by atoms with E-state index >= 15 is 0 Å². The number of nitrogens with zero attached hydrogens (tertiary/aromatic N) is 5. The number of aromatic nitrogens is 3. The zero-order valence-corrected chi connectivity index (χ0v) is 38.5. The van der Waals surface area contributed by atoms with Crippen LogP contribution in [0.15, 0.2) is 109 Å². The van der Waals surface area contributed by atoms with Crippen molar-refractivity contribution in [1.29, 1.82) is 0 Å². The molecular formula is C49H60N8O6S. The minimum atomic E-state index is -1.16. The fourth-order valence-electron chi connectivity index (χ4n) is 8.02. The second-order valence-corrected chi connectivity index (χ2v) is 19.3. The number of aliphatic hydroxyl groups excluding tert-OH is 1. The van der Waals surface area contributed by atoms with E-state index < -0.39 is 59.0 Å². The zero-order chi connectivity index (χ0) is 46.0. The van der Waals surface area contributed by atoms with Gasteiger partial charge < -0.3 is 35.6 Å². The zero-order valence-electron chi connectivity index (χ0n) is 37.7. The lowest BCUT2D eigenvalue weighted by atomic mass is 9.84. The number of rotatable bonds is 17. The van der Waals surface area contributed by atoms with Crippen molar-refractivity contribution in [1.82, 2.24) is 40.7 Å². The summed E-state index contributed by atoms with van der Waals surface area (Å²) >= 11 is 1.49. The molecule has 3 aromatic heterocycles. The third-order valence-corrected chi connectivity index (χ3v) is 12.2. The van der Waals surface area contributed by atoms with Gasteiger partial charge in [-0.05, 0) is 65.5 Å². The van der Waals surface area contributed by atoms with Gasteiger partial charge in [-0.3, -0.25) is 19.6 Å². The number of aliphatic hydroxyl groups is 1. The number of ether oxygens (including phenoxy) is 1. The monoisotopic (exact) mass is 888 g/mol. The first-order chi connectivity index (χ1) is 30.5. The van der Waals surface area contributed by atoms with Crippen LogP contribution in [0.25, 0.3) is 21.8 Å². The lowest BCUT2D eigenvalue weighted by Gasteiger charge is -2.38. The Hall–Kier alpha value is -6.19. The Labute approximate surface area is 379 Å². The van der Waals surface area contributed by atoms with Crippen molar-refractivity contribution in [3.8, 4) is 21.8 Å². The van der Waals surface area contributed by atoms with Crippen LogP contribution in [0.3, 0.4) is 0 Å². The van der Waals surface area contributed by atoms with Crippen molar-refractivity contribution in [2.75, 3.05) is 20.2 Å². The number of hydrogen-bond donors (Lipinski definition) is 4. The number of alkyl carbamates (subject to hydrolysis) is 1. The molecule has 1 fully saturated rings. The molecule has 1 saturated heterocycles. The molecule has 2 unspecified atom stereocenters. The van der Waals surface area contributed by atoms with Crippen LogP contribution in [-0.4, -0.2) is 104 Å². The van der Waals surface area contributed by atoms with E-state index in [2.05, 4.69) is 25.9 Å². The fraction of sp³-hybridized carbons (Fsp3) is 0.408. The molecular weight excluding hydrogens is 829 g/mol. The van der Waals surface area contributed by atoms with Gasteiger partial charge in [0.1, 0.15) is 17.1 Å². The molecule has 15 heteroatoms. The molecule has 2 aromatic carbocycles. The van der Waals surface area contributed by atoms with Crippen LogP contribution >= 0.6 is 11.3 Å². The summed E-state index contributed by atoms with van der Waals surface area (Å²) in [5.74, 6) is -0.837. The summed E-state index contributed by atoms with van der Waals surface area (Å²) in [7, 11) is 1.24. The number of benzene rings is 2. The maximum atomic E-state index is 14.7. The number of hydrogen-bond acceptors (Lipinski definition) is 10. The lowest BCUT2D eigenvalue weighted by Crippen LogP contribution is -2.59. The van der Waals surface area contributed by atoms with Gasteiger partial charge in [0.25, 0.3) is 0 Å². The molecule has 0 bridgehead atoms. The molecule has 338 valence electrons. The first-order valence-electron chi connectivity index (χ1n) is 21.6. The first kappa shape index (κ1) is 47.3. The number of methoxy groups -OCH3 is 1. The Morgan fingerprint density at radius 2 is 1.52 bits per heavy atom. The van der Waals surface area contributed by atoms with Crippen molar-refractivity contribution in [3.05, 3.63) is 126 Å². The van der Waals surface area contributed by atoms with Crippen molar-refractivity contribution >= 4 is 35.3 Å². The third kappa shape index (κ3) is 12.5. The molecule has 64 heavy (non-hydrogen) atoms. The molecule has 0 saturated carbocycles. The lowest BCUT2D eigenvalue weighted by molar-refractivity contribution is -0.131. The van der Waals surface area contributed by atoms with Gasteiger partial charge in [-0.25, -0.2) is 14.6 Å². The summed E-state index contributed by atoms with van der Waals surface area (Å²) in [6.07, 6.45) is 3.96. The van der Waals surface area contributed by atoms with Gasteiger partial charge in [0, 0.05) is 54.2 Å². The molecule has 5 amide bonds. The minimum absolute atomic E-state index is 0.0475. The Balaban J connectivity index is 1.24. The molecule has 5 aromatic rings. The predicted molar refractivity (Wildman–Crippen MR) is 248 cm³/mol. The van der Waals surface area contributed by atoms with E-state index in [0.717, 1.165) is 38.6 Å². The van der Waals surface area contributed by atoms with Gasteiger partial charge >= 0.3 is 12.1 Å². The standard InChI is InChI=1S/C49H60N8O6S/c1-48(2,3)41(55-46(61)63-7)43(59)52-36(26-33-18-20-34(21-19-33)38-17-11-12-23-51-38)28-40(58)39(27-32-14-9-8-10-15-32)54-44(60)42(49(4,5)6)57-25-24-56(47(57)62)30-37-31-64-45(53-37)35-16-13-22-50-29-35/h8-23,29,31,36,39-42,58H,24-28,30H2,1-7H3,(H,52,59)(H,54,60)(H,55,61)/t36-,39-,40-,41?,42?/m0/s1. The van der Waals surface area contributed by atoms with Crippen molar-refractivity contribution < 1.29 is 29.0 Å². The van der Waals surface area contributed by atoms with Gasteiger partial charge in [0.05, 0.1) is 37.2 Å². The van der Waals surface area contributed by atoms with Crippen molar-refractivity contribution in [3.63, 3.8) is 0 Å². The normalized spacial score (nSPS) is 15.5. The average Bonchev–Trinajstić information content (AvgIpc) is 3.88. The van der Waals surface area contributed by atoms with Gasteiger partial charge in [0.2, 0.25) is 11.8 Å². The molecule has 0 aliphatic carbocycles. The van der Waals surface area contributed by atoms with Crippen LogP contribution < -0.4 is 16.0 Å². The average molecular weight is 889 g/mol. The SMILES string of the molecule is COC(=O)NC(C(=O)N[C@@H](Cc1ccc(-c2ccccn2)cc1)C[C@H](O)[C@H](Cc1ccccc1)NC(=O)C(N1CCN(Cc2csc(-c3cccnc3)n2)C1=O)C(C)(C)C)C(C)(C)C. The smallest absolute Gasteiger partial charge is 0.407 e. The molecule has 0 radical (unpaired) electrons. The molecule has 0 spiro atoms. The van der Waals surface area contributed by atoms with Gasteiger partial charge in [-0.2, -0.15) is 0 Å². The minimum Gasteiger partial charge on any atom is -0.453 e. The van der Waals surface area contributed by atoms with E-state index in [1.165, 1.54) is 18.4 Å². The van der Waals surface area contributed by atoms with Gasteiger partial charge in [-0.1, -0.05) is 102 Å². The van der Waals surface area contributed by atoms with Gasteiger partial charge in [-0.15, -0.1) is 11.3 Å². The van der Waals surface area contributed by atoms with E-state index in [1.54, 1.807) is 28.4 Å². The highest BCUT2D eigenvalue weighted by Crippen LogP contribution is 2.30. The first-order valence-corrected chi connectivity index (χ1v) is 22.5. The van der Waals surface area contributed by atoms with Crippen LogP contribution in [0.4, 0.5) is 9.59 Å². The number of urea groups is 1. The number of carbonyl (C=O) groups excluding carboxylic acids is 4. The number of amides is 5. The topological polar surface area (TPSA) is 179 Å². The highest BCUT2D eigenvalue weighted by Gasteiger charge is 2.44. The highest BCUT2D eigenvalue weighted by atomic mass is 32.1. The second kappa shape index (κ2) is 21.0. The number of pyridine rings is 2. The van der Waals surface area contributed by atoms with Gasteiger partial charge in [0.15, 0.2) is 0 Å². The maximum absolute atomic E-state index is 14.7. The van der Waals surface area contributed by atoms with Crippen molar-refractivity contribution in [2.45, 2.75) is 97.6 Å². The number of nitrogens with one attached hydrogen (secondary N) is 3. The molecule has 4 heterocycles. The van der Waals surface area contributed by atoms with Crippen LogP contribution in [0.5, 0.6) is 0 Å². The summed E-state index contributed by atoms with van der Waals surface area (Å²) in [5, 5.41) is 24.0. The second-order valence-electron chi connectivity index (χ2n) is 18.4. The summed E-state index contributed by atoms with van der Waals surface area (Å²) < 4.78 is 4.85. The molecule has 1 aliphatic rings. The maximum Gasteiger partial charge on any atom is 0.407 e. The summed E-state index contributed by atoms with van der Waals surface area (Å²) in [6.45, 7) is 12.3. The Morgan fingerprint density at radius 1 is 0.797 bits per heavy atom. The van der Waals surface area contributed by atoms with E-state index in [-0.39, 0.29) is 18.9 Å². The highest BCUT2D eigenvalue weighted by molar-refractivity contribution is 7.13. The van der Waals surface area contributed by atoms with E-state index in [4.69, 9.17) is 9.72 Å². The molecule has 5 atom stereocenters. The summed E-state index contributed by atoms with van der Waals surface area (Å²) in [4.78, 5) is 72.1. The van der Waals surface area contributed by atoms with E-state index in [0.29, 0.717) is 26.1 Å². The number of carbonyl (C=O) groups is 4. The van der Waals surface area contributed by atoms with Crippen LogP contribution in [0.1, 0.15) is 64.8 Å². The third-order valence-electron chi connectivity index (χ3n) is 11.3. The quantitative estimate of drug-likeness (QED) is 0.0774. The fourth-order valence-corrected chi connectivity index (χ4v) is 8.82. The summed E-state index contributed by atoms with van der Waals surface area (Å²) in [5.41, 5.74) is 3.81. The van der Waals surface area contributed by atoms with Crippen molar-refractivity contribution in [2.24, 2.45) is 10.8 Å². The van der Waals surface area contributed by atoms with Crippen LogP contribution in [0, 0.1) is 10.8 Å². The molecule has 6 rings (SSSR count). The molecule has 1 aliphatic heterocycles. The van der Waals surface area contributed by atoms with E-state index in [1.807, 2.05) is 132 Å². The van der Waals surface area contributed by atoms with Crippen LogP contribution in [-0.2, 0) is 33.7 Å². The molecule has 4 N–H and O–H groups in total. The Morgan fingerprint density at radius 3 is 2.16 bits per heavy atom. The van der Waals surface area contributed by atoms with Crippen LogP contribution in [0.2, 0.25) is 0 Å². The number of thiazole rings is 1. The largest absolute Gasteiger partial charge is 0.453 e. The Bertz CT molecular complexity index is 2320.